The van der Waals surface area contributed by atoms with Gasteiger partial charge in [-0.15, -0.1) is 0 Å². The fourth-order valence-electron chi connectivity index (χ4n) is 1.89. The third kappa shape index (κ3) is 2.91. The number of benzene rings is 2. The van der Waals surface area contributed by atoms with Crippen LogP contribution in [0.4, 0.5) is 15.8 Å². The van der Waals surface area contributed by atoms with Gasteiger partial charge in [-0.25, -0.2) is 4.39 Å². The van der Waals surface area contributed by atoms with Gasteiger partial charge in [0.05, 0.1) is 11.3 Å². The Morgan fingerprint density at radius 3 is 2.70 bits per heavy atom. The number of hydrogen-bond donors (Lipinski definition) is 2. The molecule has 0 aliphatic carbocycles. The number of para-hydroxylation sites is 1. The van der Waals surface area contributed by atoms with Gasteiger partial charge in [-0.1, -0.05) is 23.7 Å². The molecule has 0 spiro atoms. The van der Waals surface area contributed by atoms with Crippen molar-refractivity contribution in [2.24, 2.45) is 0 Å². The number of aryl methyl sites for hydroxylation is 1. The molecule has 2 aromatic rings. The molecule has 20 heavy (non-hydrogen) atoms. The van der Waals surface area contributed by atoms with Gasteiger partial charge in [0.2, 0.25) is 0 Å². The molecule has 0 radical (unpaired) electrons. The van der Waals surface area contributed by atoms with Gasteiger partial charge in [-0.05, 0) is 36.8 Å². The molecule has 0 fully saturated rings. The molecule has 0 saturated heterocycles. The molecule has 3 nitrogen and oxygen atoms in total. The van der Waals surface area contributed by atoms with Crippen LogP contribution in [0.5, 0.6) is 0 Å². The van der Waals surface area contributed by atoms with Crippen molar-refractivity contribution in [1.29, 1.82) is 0 Å². The standard InChI is InChI=1S/C15H14ClFN2O/c1-9-6-7-10(16)8-13(9)19-15(20)11-4-3-5-12(17)14(11)18-2/h3-8,18H,1-2H3,(H,19,20). The molecular formula is C15H14ClFN2O. The largest absolute Gasteiger partial charge is 0.385 e. The minimum Gasteiger partial charge on any atom is -0.385 e. The van der Waals surface area contributed by atoms with E-state index in [1.165, 1.54) is 12.1 Å². The highest BCUT2D eigenvalue weighted by Gasteiger charge is 2.15. The predicted octanol–water partition coefficient (Wildman–Crippen LogP) is 4.08. The zero-order chi connectivity index (χ0) is 14.7. The lowest BCUT2D eigenvalue weighted by Gasteiger charge is -2.12. The van der Waals surface area contributed by atoms with Gasteiger partial charge in [0.25, 0.3) is 5.91 Å². The van der Waals surface area contributed by atoms with Crippen LogP contribution in [0, 0.1) is 12.7 Å². The number of rotatable bonds is 3. The van der Waals surface area contributed by atoms with Gasteiger partial charge in [-0.3, -0.25) is 4.79 Å². The maximum atomic E-state index is 13.6. The molecule has 0 heterocycles. The average molecular weight is 293 g/mol. The molecule has 1 amide bonds. The van der Waals surface area contributed by atoms with E-state index in [4.69, 9.17) is 11.6 Å². The van der Waals surface area contributed by atoms with E-state index in [9.17, 15) is 9.18 Å². The molecule has 2 N–H and O–H groups in total. The summed E-state index contributed by atoms with van der Waals surface area (Å²) in [6.45, 7) is 1.86. The minimum absolute atomic E-state index is 0.171. The number of anilines is 2. The van der Waals surface area contributed by atoms with Crippen LogP contribution in [-0.2, 0) is 0 Å². The summed E-state index contributed by atoms with van der Waals surface area (Å²) in [5.41, 5.74) is 1.90. The summed E-state index contributed by atoms with van der Waals surface area (Å²) in [7, 11) is 1.57. The molecule has 2 aromatic carbocycles. The Hall–Kier alpha value is -2.07. The van der Waals surface area contributed by atoms with Crippen LogP contribution in [0.15, 0.2) is 36.4 Å². The van der Waals surface area contributed by atoms with Crippen LogP contribution in [0.2, 0.25) is 5.02 Å². The average Bonchev–Trinajstić information content (AvgIpc) is 2.42. The first-order valence-electron chi connectivity index (χ1n) is 6.06. The predicted molar refractivity (Wildman–Crippen MR) is 80.1 cm³/mol. The van der Waals surface area contributed by atoms with Crippen molar-refractivity contribution < 1.29 is 9.18 Å². The topological polar surface area (TPSA) is 41.1 Å². The fourth-order valence-corrected chi connectivity index (χ4v) is 2.06. The number of carbonyl (C=O) groups excluding carboxylic acids is 1. The van der Waals surface area contributed by atoms with E-state index in [0.717, 1.165) is 5.56 Å². The van der Waals surface area contributed by atoms with Crippen molar-refractivity contribution in [3.8, 4) is 0 Å². The van der Waals surface area contributed by atoms with E-state index in [1.54, 1.807) is 25.2 Å². The molecule has 5 heteroatoms. The lowest BCUT2D eigenvalue weighted by atomic mass is 10.1. The molecule has 0 aliphatic rings. The zero-order valence-electron chi connectivity index (χ0n) is 11.1. The Labute approximate surface area is 121 Å². The first-order chi connectivity index (χ1) is 9.52. The molecule has 0 bridgehead atoms. The summed E-state index contributed by atoms with van der Waals surface area (Å²) >= 11 is 5.91. The fraction of sp³-hybridized carbons (Fsp3) is 0.133. The summed E-state index contributed by atoms with van der Waals surface area (Å²) in [6.07, 6.45) is 0. The summed E-state index contributed by atoms with van der Waals surface area (Å²) in [4.78, 5) is 12.2. The van der Waals surface area contributed by atoms with Crippen molar-refractivity contribution in [3.63, 3.8) is 0 Å². The number of amides is 1. The Morgan fingerprint density at radius 2 is 2.00 bits per heavy atom. The van der Waals surface area contributed by atoms with Crippen LogP contribution >= 0.6 is 11.6 Å². The van der Waals surface area contributed by atoms with Crippen LogP contribution in [0.25, 0.3) is 0 Å². The van der Waals surface area contributed by atoms with Gasteiger partial charge in [0.15, 0.2) is 0 Å². The van der Waals surface area contributed by atoms with E-state index < -0.39 is 5.82 Å². The Morgan fingerprint density at radius 1 is 1.25 bits per heavy atom. The molecule has 0 atom stereocenters. The van der Waals surface area contributed by atoms with Crippen molar-refractivity contribution in [1.82, 2.24) is 0 Å². The number of nitrogens with one attached hydrogen (secondary N) is 2. The van der Waals surface area contributed by atoms with Crippen LogP contribution in [0.1, 0.15) is 15.9 Å². The maximum Gasteiger partial charge on any atom is 0.257 e. The summed E-state index contributed by atoms with van der Waals surface area (Å²) < 4.78 is 13.6. The monoisotopic (exact) mass is 292 g/mol. The third-order valence-electron chi connectivity index (χ3n) is 2.96. The van der Waals surface area contributed by atoms with Gasteiger partial charge >= 0.3 is 0 Å². The molecule has 0 aromatic heterocycles. The van der Waals surface area contributed by atoms with E-state index >= 15 is 0 Å². The number of hydrogen-bond acceptors (Lipinski definition) is 2. The Balaban J connectivity index is 2.33. The molecule has 0 unspecified atom stereocenters. The van der Waals surface area contributed by atoms with Crippen molar-refractivity contribution in [2.45, 2.75) is 6.92 Å². The second-order valence-electron chi connectivity index (χ2n) is 4.33. The Bertz CT molecular complexity index is 658. The second-order valence-corrected chi connectivity index (χ2v) is 4.76. The van der Waals surface area contributed by atoms with E-state index in [1.807, 2.05) is 13.0 Å². The minimum atomic E-state index is -0.469. The van der Waals surface area contributed by atoms with E-state index in [2.05, 4.69) is 10.6 Å². The third-order valence-corrected chi connectivity index (χ3v) is 3.19. The molecule has 0 saturated carbocycles. The normalized spacial score (nSPS) is 10.2. The van der Waals surface area contributed by atoms with Gasteiger partial charge in [0.1, 0.15) is 5.82 Å². The van der Waals surface area contributed by atoms with E-state index in [0.29, 0.717) is 10.7 Å². The van der Waals surface area contributed by atoms with Crippen molar-refractivity contribution >= 4 is 28.9 Å². The molecule has 0 aliphatic heterocycles. The first kappa shape index (κ1) is 14.3. The quantitative estimate of drug-likeness (QED) is 0.895. The highest BCUT2D eigenvalue weighted by Crippen LogP contribution is 2.24. The van der Waals surface area contributed by atoms with Crippen LogP contribution in [0.3, 0.4) is 0 Å². The molecular weight excluding hydrogens is 279 g/mol. The summed E-state index contributed by atoms with van der Waals surface area (Å²) in [5.74, 6) is -0.859. The zero-order valence-corrected chi connectivity index (χ0v) is 11.9. The van der Waals surface area contributed by atoms with Gasteiger partial charge < -0.3 is 10.6 Å². The highest BCUT2D eigenvalue weighted by molar-refractivity contribution is 6.31. The number of carbonyl (C=O) groups is 1. The molecule has 104 valence electrons. The Kier molecular flexibility index (Phi) is 4.25. The summed E-state index contributed by atoms with van der Waals surface area (Å²) in [5, 5.41) is 5.96. The smallest absolute Gasteiger partial charge is 0.257 e. The second kappa shape index (κ2) is 5.92. The van der Waals surface area contributed by atoms with Crippen molar-refractivity contribution in [2.75, 3.05) is 17.7 Å². The maximum absolute atomic E-state index is 13.6. The number of halogens is 2. The van der Waals surface area contributed by atoms with Gasteiger partial charge in [-0.2, -0.15) is 0 Å². The van der Waals surface area contributed by atoms with E-state index in [-0.39, 0.29) is 17.2 Å². The van der Waals surface area contributed by atoms with Crippen molar-refractivity contribution in [3.05, 3.63) is 58.4 Å². The first-order valence-corrected chi connectivity index (χ1v) is 6.44. The summed E-state index contributed by atoms with van der Waals surface area (Å²) in [6, 6.07) is 9.57. The highest BCUT2D eigenvalue weighted by atomic mass is 35.5. The van der Waals surface area contributed by atoms with Crippen LogP contribution < -0.4 is 10.6 Å². The lowest BCUT2D eigenvalue weighted by molar-refractivity contribution is 0.102. The van der Waals surface area contributed by atoms with Crippen LogP contribution in [-0.4, -0.2) is 13.0 Å². The molecule has 2 rings (SSSR count). The lowest BCUT2D eigenvalue weighted by Crippen LogP contribution is -2.15. The van der Waals surface area contributed by atoms with Gasteiger partial charge in [0, 0.05) is 17.8 Å². The SMILES string of the molecule is CNc1c(F)cccc1C(=O)Nc1cc(Cl)ccc1C.